The van der Waals surface area contributed by atoms with Crippen LogP contribution in [0.1, 0.15) is 44.2 Å². The first-order chi connectivity index (χ1) is 9.10. The third kappa shape index (κ3) is 3.80. The van der Waals surface area contributed by atoms with Gasteiger partial charge >= 0.3 is 0 Å². The molecule has 0 radical (unpaired) electrons. The molecule has 19 heavy (non-hydrogen) atoms. The maximum absolute atomic E-state index is 5.71. The molecule has 2 rings (SSSR count). The molecule has 2 nitrogen and oxygen atoms in total. The van der Waals surface area contributed by atoms with Crippen molar-refractivity contribution < 1.29 is 0 Å². The standard InChI is InChI=1S/C17H28N2/c1-13-8-9-19(11-15(13)3)12-16-4-6-17(7-5-16)14(2)10-18/h4-7,13-15H,8-12,18H2,1-3H3. The van der Waals surface area contributed by atoms with E-state index in [1.165, 1.54) is 30.6 Å². The summed E-state index contributed by atoms with van der Waals surface area (Å²) in [6, 6.07) is 9.01. The van der Waals surface area contributed by atoms with Crippen LogP contribution in [0.3, 0.4) is 0 Å². The summed E-state index contributed by atoms with van der Waals surface area (Å²) >= 11 is 0. The van der Waals surface area contributed by atoms with Crippen molar-refractivity contribution >= 4 is 0 Å². The highest BCUT2D eigenvalue weighted by molar-refractivity contribution is 5.25. The molecule has 0 amide bonds. The molecule has 3 unspecified atom stereocenters. The van der Waals surface area contributed by atoms with Gasteiger partial charge in [-0.15, -0.1) is 0 Å². The number of hydrogen-bond donors (Lipinski definition) is 1. The van der Waals surface area contributed by atoms with Crippen LogP contribution in [-0.2, 0) is 6.54 Å². The summed E-state index contributed by atoms with van der Waals surface area (Å²) in [4.78, 5) is 2.59. The molecule has 0 saturated carbocycles. The zero-order valence-corrected chi connectivity index (χ0v) is 12.6. The summed E-state index contributed by atoms with van der Waals surface area (Å²) in [6.07, 6.45) is 1.34. The van der Waals surface area contributed by atoms with Gasteiger partial charge in [0.25, 0.3) is 0 Å². The molecular formula is C17H28N2. The van der Waals surface area contributed by atoms with Crippen molar-refractivity contribution in [2.75, 3.05) is 19.6 Å². The number of hydrogen-bond acceptors (Lipinski definition) is 2. The average Bonchev–Trinajstić information content (AvgIpc) is 2.43. The Kier molecular flexibility index (Phi) is 5.00. The first kappa shape index (κ1) is 14.5. The summed E-state index contributed by atoms with van der Waals surface area (Å²) in [5.74, 6) is 2.17. The second kappa shape index (κ2) is 6.53. The van der Waals surface area contributed by atoms with Gasteiger partial charge in [-0.3, -0.25) is 4.90 Å². The number of nitrogens with zero attached hydrogens (tertiary/aromatic N) is 1. The first-order valence-electron chi connectivity index (χ1n) is 7.61. The van der Waals surface area contributed by atoms with E-state index in [4.69, 9.17) is 5.73 Å². The Bertz CT molecular complexity index is 385. The van der Waals surface area contributed by atoms with E-state index in [1.807, 2.05) is 0 Å². The third-order valence-electron chi connectivity index (χ3n) is 4.73. The van der Waals surface area contributed by atoms with E-state index >= 15 is 0 Å². The van der Waals surface area contributed by atoms with Crippen molar-refractivity contribution in [2.24, 2.45) is 17.6 Å². The molecule has 1 aromatic rings. The highest BCUT2D eigenvalue weighted by Crippen LogP contribution is 2.24. The van der Waals surface area contributed by atoms with E-state index in [9.17, 15) is 0 Å². The predicted octanol–water partition coefficient (Wildman–Crippen LogP) is 3.23. The minimum Gasteiger partial charge on any atom is -0.330 e. The van der Waals surface area contributed by atoms with Crippen molar-refractivity contribution in [2.45, 2.75) is 39.7 Å². The SMILES string of the molecule is CC(CN)c1ccc(CN2CCC(C)C(C)C2)cc1. The summed E-state index contributed by atoms with van der Waals surface area (Å²) in [5.41, 5.74) is 8.49. The quantitative estimate of drug-likeness (QED) is 0.900. The number of rotatable bonds is 4. The lowest BCUT2D eigenvalue weighted by atomic mass is 9.88. The van der Waals surface area contributed by atoms with Crippen LogP contribution in [-0.4, -0.2) is 24.5 Å². The predicted molar refractivity (Wildman–Crippen MR) is 82.1 cm³/mol. The number of benzene rings is 1. The third-order valence-corrected chi connectivity index (χ3v) is 4.73. The fraction of sp³-hybridized carbons (Fsp3) is 0.647. The molecule has 3 atom stereocenters. The van der Waals surface area contributed by atoms with Gasteiger partial charge in [-0.25, -0.2) is 0 Å². The molecule has 0 bridgehead atoms. The molecule has 0 aromatic heterocycles. The largest absolute Gasteiger partial charge is 0.330 e. The molecule has 1 aliphatic rings. The van der Waals surface area contributed by atoms with Gasteiger partial charge in [-0.1, -0.05) is 45.0 Å². The average molecular weight is 260 g/mol. The Morgan fingerprint density at radius 1 is 1.21 bits per heavy atom. The van der Waals surface area contributed by atoms with Crippen molar-refractivity contribution in [3.8, 4) is 0 Å². The molecule has 2 N–H and O–H groups in total. The zero-order chi connectivity index (χ0) is 13.8. The van der Waals surface area contributed by atoms with E-state index in [1.54, 1.807) is 0 Å². The second-order valence-electron chi connectivity index (χ2n) is 6.36. The Morgan fingerprint density at radius 2 is 1.89 bits per heavy atom. The van der Waals surface area contributed by atoms with Crippen molar-refractivity contribution in [1.29, 1.82) is 0 Å². The fourth-order valence-corrected chi connectivity index (χ4v) is 2.84. The minimum absolute atomic E-state index is 0.463. The number of piperidine rings is 1. The lowest BCUT2D eigenvalue weighted by Gasteiger charge is -2.35. The molecule has 1 aliphatic heterocycles. The van der Waals surface area contributed by atoms with E-state index < -0.39 is 0 Å². The van der Waals surface area contributed by atoms with Crippen LogP contribution in [0.5, 0.6) is 0 Å². The highest BCUT2D eigenvalue weighted by atomic mass is 15.1. The maximum atomic E-state index is 5.71. The van der Waals surface area contributed by atoms with Gasteiger partial charge in [-0.2, -0.15) is 0 Å². The summed E-state index contributed by atoms with van der Waals surface area (Å²) in [5, 5.41) is 0. The lowest BCUT2D eigenvalue weighted by molar-refractivity contribution is 0.132. The summed E-state index contributed by atoms with van der Waals surface area (Å²) < 4.78 is 0. The normalized spacial score (nSPS) is 26.3. The molecule has 106 valence electrons. The molecule has 2 heteroatoms. The van der Waals surface area contributed by atoms with Crippen LogP contribution >= 0.6 is 0 Å². The lowest BCUT2D eigenvalue weighted by Crippen LogP contribution is -2.37. The van der Waals surface area contributed by atoms with Crippen molar-refractivity contribution in [3.05, 3.63) is 35.4 Å². The van der Waals surface area contributed by atoms with E-state index in [-0.39, 0.29) is 0 Å². The minimum atomic E-state index is 0.463. The first-order valence-corrected chi connectivity index (χ1v) is 7.61. The maximum Gasteiger partial charge on any atom is 0.0233 e. The van der Waals surface area contributed by atoms with Gasteiger partial charge in [0, 0.05) is 13.1 Å². The smallest absolute Gasteiger partial charge is 0.0233 e. The van der Waals surface area contributed by atoms with Gasteiger partial charge in [0.2, 0.25) is 0 Å². The van der Waals surface area contributed by atoms with Crippen LogP contribution in [0.25, 0.3) is 0 Å². The Hall–Kier alpha value is -0.860. The Labute approximate surface area is 118 Å². The molecular weight excluding hydrogens is 232 g/mol. The molecule has 0 aliphatic carbocycles. The molecule has 1 aromatic carbocycles. The second-order valence-corrected chi connectivity index (χ2v) is 6.36. The van der Waals surface area contributed by atoms with Crippen LogP contribution in [0, 0.1) is 11.8 Å². The zero-order valence-electron chi connectivity index (χ0n) is 12.6. The van der Waals surface area contributed by atoms with E-state index in [0.29, 0.717) is 5.92 Å². The fourth-order valence-electron chi connectivity index (χ4n) is 2.84. The van der Waals surface area contributed by atoms with Crippen molar-refractivity contribution in [3.63, 3.8) is 0 Å². The van der Waals surface area contributed by atoms with Gasteiger partial charge in [0.15, 0.2) is 0 Å². The number of nitrogens with two attached hydrogens (primary N) is 1. The van der Waals surface area contributed by atoms with Crippen LogP contribution in [0.15, 0.2) is 24.3 Å². The number of likely N-dealkylation sites (tertiary alicyclic amines) is 1. The van der Waals surface area contributed by atoms with E-state index in [2.05, 4.69) is 49.9 Å². The molecule has 1 heterocycles. The molecule has 1 fully saturated rings. The van der Waals surface area contributed by atoms with Crippen LogP contribution < -0.4 is 5.73 Å². The molecule has 0 spiro atoms. The summed E-state index contributed by atoms with van der Waals surface area (Å²) in [7, 11) is 0. The van der Waals surface area contributed by atoms with Gasteiger partial charge in [-0.05, 0) is 48.4 Å². The van der Waals surface area contributed by atoms with Gasteiger partial charge in [0.1, 0.15) is 0 Å². The Morgan fingerprint density at radius 3 is 2.47 bits per heavy atom. The van der Waals surface area contributed by atoms with Crippen LogP contribution in [0.2, 0.25) is 0 Å². The highest BCUT2D eigenvalue weighted by Gasteiger charge is 2.22. The van der Waals surface area contributed by atoms with E-state index in [0.717, 1.165) is 24.9 Å². The van der Waals surface area contributed by atoms with Crippen LogP contribution in [0.4, 0.5) is 0 Å². The van der Waals surface area contributed by atoms with Crippen molar-refractivity contribution in [1.82, 2.24) is 4.90 Å². The summed E-state index contributed by atoms with van der Waals surface area (Å²) in [6.45, 7) is 11.2. The van der Waals surface area contributed by atoms with Gasteiger partial charge < -0.3 is 5.73 Å². The molecule has 1 saturated heterocycles. The topological polar surface area (TPSA) is 29.3 Å². The van der Waals surface area contributed by atoms with Gasteiger partial charge in [0.05, 0.1) is 0 Å². The Balaban J connectivity index is 1.93. The monoisotopic (exact) mass is 260 g/mol.